The summed E-state index contributed by atoms with van der Waals surface area (Å²) in [4.78, 5) is 8.75. The minimum Gasteiger partial charge on any atom is -0.364 e. The molecule has 0 spiro atoms. The molecular formula is C10H15N3S2. The maximum absolute atomic E-state index is 4.43. The average molecular weight is 241 g/mol. The zero-order valence-electron chi connectivity index (χ0n) is 8.77. The summed E-state index contributed by atoms with van der Waals surface area (Å²) in [5.41, 5.74) is 0. The summed E-state index contributed by atoms with van der Waals surface area (Å²) in [6, 6.07) is 0. The monoisotopic (exact) mass is 241 g/mol. The van der Waals surface area contributed by atoms with E-state index in [2.05, 4.69) is 22.2 Å². The Labute approximate surface area is 98.4 Å². The predicted molar refractivity (Wildman–Crippen MR) is 67.9 cm³/mol. The van der Waals surface area contributed by atoms with Crippen LogP contribution in [-0.2, 0) is 0 Å². The van der Waals surface area contributed by atoms with Gasteiger partial charge in [0.1, 0.15) is 0 Å². The van der Waals surface area contributed by atoms with Crippen molar-refractivity contribution < 1.29 is 0 Å². The molecule has 1 atom stereocenters. The third kappa shape index (κ3) is 3.21. The van der Waals surface area contributed by atoms with Crippen LogP contribution in [0.3, 0.4) is 0 Å². The molecule has 0 fully saturated rings. The molecular weight excluding hydrogens is 226 g/mol. The van der Waals surface area contributed by atoms with E-state index in [4.69, 9.17) is 0 Å². The molecule has 1 aromatic rings. The number of thiazole rings is 1. The molecule has 1 unspecified atom stereocenters. The van der Waals surface area contributed by atoms with Gasteiger partial charge in [-0.2, -0.15) is 0 Å². The SMILES string of the molecule is CC(CNC1=NCCCS1)c1nccs1. The molecule has 0 bridgehead atoms. The minimum atomic E-state index is 0.468. The number of aromatic nitrogens is 1. The number of amidine groups is 1. The Morgan fingerprint density at radius 2 is 2.53 bits per heavy atom. The highest BCUT2D eigenvalue weighted by Crippen LogP contribution is 2.17. The van der Waals surface area contributed by atoms with Gasteiger partial charge in [-0.25, -0.2) is 4.98 Å². The Hall–Kier alpha value is -0.550. The number of nitrogens with zero attached hydrogens (tertiary/aromatic N) is 2. The molecule has 0 radical (unpaired) electrons. The number of thioether (sulfide) groups is 1. The van der Waals surface area contributed by atoms with E-state index in [0.29, 0.717) is 5.92 Å². The highest BCUT2D eigenvalue weighted by Gasteiger charge is 2.10. The number of rotatable bonds is 3. The van der Waals surface area contributed by atoms with E-state index in [1.807, 2.05) is 23.3 Å². The van der Waals surface area contributed by atoms with Gasteiger partial charge in [0.2, 0.25) is 0 Å². The van der Waals surface area contributed by atoms with E-state index in [0.717, 1.165) is 18.3 Å². The lowest BCUT2D eigenvalue weighted by molar-refractivity contribution is 0.715. The molecule has 5 heteroatoms. The van der Waals surface area contributed by atoms with Crippen molar-refractivity contribution in [1.82, 2.24) is 10.3 Å². The molecule has 2 heterocycles. The molecule has 0 aromatic carbocycles. The van der Waals surface area contributed by atoms with Crippen LogP contribution in [0.1, 0.15) is 24.3 Å². The van der Waals surface area contributed by atoms with Gasteiger partial charge in [-0.3, -0.25) is 4.99 Å². The zero-order chi connectivity index (χ0) is 10.5. The van der Waals surface area contributed by atoms with Crippen molar-refractivity contribution in [2.45, 2.75) is 19.3 Å². The third-order valence-corrected chi connectivity index (χ3v) is 4.28. The predicted octanol–water partition coefficient (Wildman–Crippen LogP) is 2.33. The maximum Gasteiger partial charge on any atom is 0.156 e. The van der Waals surface area contributed by atoms with Gasteiger partial charge in [0.05, 0.1) is 5.01 Å². The van der Waals surface area contributed by atoms with Crippen LogP contribution in [0.25, 0.3) is 0 Å². The van der Waals surface area contributed by atoms with Crippen molar-refractivity contribution in [1.29, 1.82) is 0 Å². The Morgan fingerprint density at radius 3 is 3.20 bits per heavy atom. The fourth-order valence-corrected chi connectivity index (χ4v) is 2.91. The van der Waals surface area contributed by atoms with Crippen LogP contribution in [0.5, 0.6) is 0 Å². The Balaban J connectivity index is 1.80. The molecule has 0 aliphatic carbocycles. The van der Waals surface area contributed by atoms with Gasteiger partial charge < -0.3 is 5.32 Å². The zero-order valence-corrected chi connectivity index (χ0v) is 10.4. The van der Waals surface area contributed by atoms with Crippen molar-refractivity contribution >= 4 is 28.3 Å². The number of aliphatic imine (C=N–C) groups is 1. The van der Waals surface area contributed by atoms with E-state index >= 15 is 0 Å². The second-order valence-corrected chi connectivity index (χ2v) is 5.55. The van der Waals surface area contributed by atoms with Gasteiger partial charge in [0.25, 0.3) is 0 Å². The van der Waals surface area contributed by atoms with Crippen LogP contribution in [-0.4, -0.2) is 29.0 Å². The summed E-state index contributed by atoms with van der Waals surface area (Å²) in [7, 11) is 0. The third-order valence-electron chi connectivity index (χ3n) is 2.23. The molecule has 1 N–H and O–H groups in total. The van der Waals surface area contributed by atoms with Crippen LogP contribution in [0.2, 0.25) is 0 Å². The van der Waals surface area contributed by atoms with E-state index in [-0.39, 0.29) is 0 Å². The second-order valence-electron chi connectivity index (χ2n) is 3.54. The normalized spacial score (nSPS) is 18.3. The summed E-state index contributed by atoms with van der Waals surface area (Å²) in [6.07, 6.45) is 3.07. The van der Waals surface area contributed by atoms with Crippen molar-refractivity contribution in [3.05, 3.63) is 16.6 Å². The van der Waals surface area contributed by atoms with Crippen molar-refractivity contribution in [3.8, 4) is 0 Å². The molecule has 1 aliphatic heterocycles. The van der Waals surface area contributed by atoms with E-state index in [1.165, 1.54) is 17.2 Å². The van der Waals surface area contributed by atoms with E-state index < -0.39 is 0 Å². The van der Waals surface area contributed by atoms with Gasteiger partial charge in [0.15, 0.2) is 5.17 Å². The fraction of sp³-hybridized carbons (Fsp3) is 0.600. The Kier molecular flexibility index (Phi) is 4.02. The molecule has 0 amide bonds. The largest absolute Gasteiger partial charge is 0.364 e. The van der Waals surface area contributed by atoms with Crippen molar-refractivity contribution in [2.24, 2.45) is 4.99 Å². The number of hydrogen-bond donors (Lipinski definition) is 1. The smallest absolute Gasteiger partial charge is 0.156 e. The van der Waals surface area contributed by atoms with Gasteiger partial charge >= 0.3 is 0 Å². The highest BCUT2D eigenvalue weighted by atomic mass is 32.2. The molecule has 15 heavy (non-hydrogen) atoms. The standard InChI is InChI=1S/C10H15N3S2/c1-8(9-11-4-6-14-9)7-13-10-12-3-2-5-15-10/h4,6,8H,2-3,5,7H2,1H3,(H,12,13). The summed E-state index contributed by atoms with van der Waals surface area (Å²) in [6.45, 7) is 4.10. The molecule has 2 rings (SSSR count). The van der Waals surface area contributed by atoms with Crippen molar-refractivity contribution in [3.63, 3.8) is 0 Å². The second kappa shape index (κ2) is 5.51. The lowest BCUT2D eigenvalue weighted by Crippen LogP contribution is -2.27. The first-order chi connectivity index (χ1) is 7.36. The summed E-state index contributed by atoms with van der Waals surface area (Å²) >= 11 is 3.54. The minimum absolute atomic E-state index is 0.468. The van der Waals surface area contributed by atoms with E-state index in [1.54, 1.807) is 11.3 Å². The van der Waals surface area contributed by atoms with Gasteiger partial charge in [-0.1, -0.05) is 18.7 Å². The van der Waals surface area contributed by atoms with Crippen LogP contribution >= 0.6 is 23.1 Å². The molecule has 0 saturated carbocycles. The number of nitrogens with one attached hydrogen (secondary N) is 1. The first-order valence-corrected chi connectivity index (χ1v) is 7.03. The van der Waals surface area contributed by atoms with Gasteiger partial charge in [0, 0.05) is 36.3 Å². The Bertz CT molecular complexity index is 321. The van der Waals surface area contributed by atoms with Crippen LogP contribution < -0.4 is 5.32 Å². The molecule has 82 valence electrons. The van der Waals surface area contributed by atoms with Crippen molar-refractivity contribution in [2.75, 3.05) is 18.8 Å². The van der Waals surface area contributed by atoms with Gasteiger partial charge in [-0.05, 0) is 6.42 Å². The lowest BCUT2D eigenvalue weighted by Gasteiger charge is -2.15. The lowest BCUT2D eigenvalue weighted by atomic mass is 10.2. The summed E-state index contributed by atoms with van der Waals surface area (Å²) in [5, 5.41) is 7.72. The van der Waals surface area contributed by atoms with Crippen LogP contribution in [0, 0.1) is 0 Å². The fourth-order valence-electron chi connectivity index (χ4n) is 1.37. The van der Waals surface area contributed by atoms with E-state index in [9.17, 15) is 0 Å². The first kappa shape index (κ1) is 11.0. The number of hydrogen-bond acceptors (Lipinski definition) is 5. The quantitative estimate of drug-likeness (QED) is 0.882. The Morgan fingerprint density at radius 1 is 1.60 bits per heavy atom. The summed E-state index contributed by atoms with van der Waals surface area (Å²) < 4.78 is 0. The van der Waals surface area contributed by atoms with Gasteiger partial charge in [-0.15, -0.1) is 11.3 Å². The molecule has 1 aliphatic rings. The maximum atomic E-state index is 4.43. The molecule has 0 saturated heterocycles. The molecule has 3 nitrogen and oxygen atoms in total. The van der Waals surface area contributed by atoms with Crippen LogP contribution in [0.15, 0.2) is 16.6 Å². The topological polar surface area (TPSA) is 37.3 Å². The van der Waals surface area contributed by atoms with Crippen LogP contribution in [0.4, 0.5) is 0 Å². The summed E-state index contributed by atoms with van der Waals surface area (Å²) in [5.74, 6) is 1.66. The first-order valence-electron chi connectivity index (χ1n) is 5.17. The molecule has 1 aromatic heterocycles. The highest BCUT2D eigenvalue weighted by molar-refractivity contribution is 8.13. The average Bonchev–Trinajstić information content (AvgIpc) is 2.81.